The first-order valence-corrected chi connectivity index (χ1v) is 7.70. The molecule has 2 saturated heterocycles. The van der Waals surface area contributed by atoms with E-state index in [2.05, 4.69) is 0 Å². The molecule has 6 nitrogen and oxygen atoms in total. The Morgan fingerprint density at radius 2 is 1.62 bits per heavy atom. The molecule has 0 atom stereocenters. The second kappa shape index (κ2) is 5.83. The summed E-state index contributed by atoms with van der Waals surface area (Å²) in [4.78, 5) is 27.4. The lowest BCUT2D eigenvalue weighted by Gasteiger charge is -2.39. The molecule has 0 radical (unpaired) electrons. The van der Waals surface area contributed by atoms with Crippen LogP contribution >= 0.6 is 0 Å². The van der Waals surface area contributed by atoms with Crippen LogP contribution in [0, 0.1) is 5.41 Å². The van der Waals surface area contributed by atoms with Crippen LogP contribution < -0.4 is 5.73 Å². The van der Waals surface area contributed by atoms with Gasteiger partial charge >= 0.3 is 6.09 Å². The molecule has 0 saturated carbocycles. The average molecular weight is 297 g/mol. The quantitative estimate of drug-likeness (QED) is 0.789. The van der Waals surface area contributed by atoms with Gasteiger partial charge in [0.05, 0.1) is 6.54 Å². The van der Waals surface area contributed by atoms with Crippen LogP contribution in [0.1, 0.15) is 40.0 Å². The van der Waals surface area contributed by atoms with Crippen molar-refractivity contribution in [3.63, 3.8) is 0 Å². The van der Waals surface area contributed by atoms with E-state index in [-0.39, 0.29) is 24.0 Å². The summed E-state index contributed by atoms with van der Waals surface area (Å²) in [6.07, 6.45) is 2.65. The molecule has 0 aromatic heterocycles. The Bertz CT molecular complexity index is 409. The summed E-state index contributed by atoms with van der Waals surface area (Å²) in [6, 6.07) is 0. The first-order chi connectivity index (χ1) is 9.75. The molecule has 0 aliphatic carbocycles. The van der Waals surface area contributed by atoms with Gasteiger partial charge < -0.3 is 20.3 Å². The molecular formula is C15H27N3O3. The number of ether oxygens (including phenoxy) is 1. The summed E-state index contributed by atoms with van der Waals surface area (Å²) in [5.41, 5.74) is 5.15. The lowest BCUT2D eigenvalue weighted by Crippen LogP contribution is -2.46. The number of rotatable bonds is 1. The topological polar surface area (TPSA) is 75.9 Å². The third-order valence-corrected chi connectivity index (χ3v) is 4.44. The minimum atomic E-state index is -0.454. The van der Waals surface area contributed by atoms with E-state index in [1.165, 1.54) is 0 Å². The van der Waals surface area contributed by atoms with Gasteiger partial charge in [-0.2, -0.15) is 0 Å². The number of carbonyl (C=O) groups is 2. The summed E-state index contributed by atoms with van der Waals surface area (Å²) in [5, 5.41) is 0. The maximum absolute atomic E-state index is 12.1. The smallest absolute Gasteiger partial charge is 0.410 e. The number of hydrogen-bond acceptors (Lipinski definition) is 4. The molecule has 120 valence electrons. The Labute approximate surface area is 126 Å². The molecule has 2 rings (SSSR count). The highest BCUT2D eigenvalue weighted by Crippen LogP contribution is 2.40. The minimum Gasteiger partial charge on any atom is -0.444 e. The van der Waals surface area contributed by atoms with Crippen LogP contribution in [0.15, 0.2) is 0 Å². The molecule has 6 heteroatoms. The fourth-order valence-electron chi connectivity index (χ4n) is 3.18. The average Bonchev–Trinajstić information content (AvgIpc) is 2.81. The minimum absolute atomic E-state index is 0.0291. The van der Waals surface area contributed by atoms with E-state index in [0.29, 0.717) is 13.1 Å². The fourth-order valence-corrected chi connectivity index (χ4v) is 3.18. The molecule has 2 aliphatic heterocycles. The van der Waals surface area contributed by atoms with Crippen LogP contribution in [0.3, 0.4) is 0 Å². The molecule has 0 bridgehead atoms. The second-order valence-electron chi connectivity index (χ2n) is 7.24. The van der Waals surface area contributed by atoms with E-state index >= 15 is 0 Å². The number of hydrogen-bond donors (Lipinski definition) is 1. The monoisotopic (exact) mass is 297 g/mol. The second-order valence-corrected chi connectivity index (χ2v) is 7.24. The number of nitrogens with two attached hydrogens (primary N) is 1. The third kappa shape index (κ3) is 3.87. The van der Waals surface area contributed by atoms with Crippen molar-refractivity contribution < 1.29 is 14.3 Å². The molecule has 0 aromatic carbocycles. The summed E-state index contributed by atoms with van der Waals surface area (Å²) in [6.45, 7) is 8.71. The van der Waals surface area contributed by atoms with Gasteiger partial charge in [0.15, 0.2) is 0 Å². The molecule has 0 aromatic rings. The maximum atomic E-state index is 12.1. The van der Waals surface area contributed by atoms with Crippen molar-refractivity contribution in [2.24, 2.45) is 11.1 Å². The number of carbonyl (C=O) groups excluding carboxylic acids is 2. The first-order valence-electron chi connectivity index (χ1n) is 7.70. The van der Waals surface area contributed by atoms with Gasteiger partial charge in [-0.1, -0.05) is 0 Å². The predicted molar refractivity (Wildman–Crippen MR) is 79.7 cm³/mol. The first kappa shape index (κ1) is 16.1. The molecule has 0 unspecified atom stereocenters. The maximum Gasteiger partial charge on any atom is 0.410 e. The van der Waals surface area contributed by atoms with Gasteiger partial charge in [0.2, 0.25) is 5.91 Å². The van der Waals surface area contributed by atoms with Crippen molar-refractivity contribution in [2.45, 2.75) is 45.6 Å². The van der Waals surface area contributed by atoms with Crippen LogP contribution in [0.5, 0.6) is 0 Å². The highest BCUT2D eigenvalue weighted by atomic mass is 16.6. The Kier molecular flexibility index (Phi) is 4.46. The highest BCUT2D eigenvalue weighted by molar-refractivity contribution is 5.78. The van der Waals surface area contributed by atoms with E-state index in [0.717, 1.165) is 32.4 Å². The summed E-state index contributed by atoms with van der Waals surface area (Å²) in [5.74, 6) is 0.0291. The van der Waals surface area contributed by atoms with Crippen LogP contribution in [0.2, 0.25) is 0 Å². The molecule has 1 spiro atoms. The van der Waals surface area contributed by atoms with Crippen molar-refractivity contribution in [1.82, 2.24) is 9.80 Å². The number of nitrogens with zero attached hydrogens (tertiary/aromatic N) is 2. The highest BCUT2D eigenvalue weighted by Gasteiger charge is 2.42. The Morgan fingerprint density at radius 1 is 1.10 bits per heavy atom. The van der Waals surface area contributed by atoms with Gasteiger partial charge in [-0.05, 0) is 45.4 Å². The van der Waals surface area contributed by atoms with Gasteiger partial charge in [0.25, 0.3) is 0 Å². The van der Waals surface area contributed by atoms with Gasteiger partial charge in [0, 0.05) is 26.2 Å². The third-order valence-electron chi connectivity index (χ3n) is 4.44. The Morgan fingerprint density at radius 3 is 2.10 bits per heavy atom. The number of piperidine rings is 1. The molecule has 2 N–H and O–H groups in total. The van der Waals surface area contributed by atoms with Crippen LogP contribution in [-0.2, 0) is 9.53 Å². The summed E-state index contributed by atoms with van der Waals surface area (Å²) >= 11 is 0. The van der Waals surface area contributed by atoms with E-state index in [4.69, 9.17) is 10.5 Å². The Balaban J connectivity index is 1.86. The van der Waals surface area contributed by atoms with Crippen molar-refractivity contribution in [3.05, 3.63) is 0 Å². The van der Waals surface area contributed by atoms with E-state index in [1.54, 1.807) is 4.90 Å². The van der Waals surface area contributed by atoms with E-state index in [9.17, 15) is 9.59 Å². The molecule has 2 heterocycles. The van der Waals surface area contributed by atoms with Crippen LogP contribution in [0.25, 0.3) is 0 Å². The van der Waals surface area contributed by atoms with E-state index in [1.807, 2.05) is 25.7 Å². The van der Waals surface area contributed by atoms with Crippen molar-refractivity contribution in [3.8, 4) is 0 Å². The zero-order valence-corrected chi connectivity index (χ0v) is 13.4. The molecule has 2 aliphatic rings. The van der Waals surface area contributed by atoms with Crippen molar-refractivity contribution in [1.29, 1.82) is 0 Å². The predicted octanol–water partition coefficient (Wildman–Crippen LogP) is 1.19. The van der Waals surface area contributed by atoms with E-state index < -0.39 is 5.60 Å². The standard InChI is InChI=1S/C15H27N3O3/c1-14(2,3)21-13(20)17-7-4-15(5-8-17)6-9-18(11-15)12(19)10-16/h4-11,16H2,1-3H3. The van der Waals surface area contributed by atoms with Crippen LogP contribution in [0.4, 0.5) is 4.79 Å². The van der Waals surface area contributed by atoms with Gasteiger partial charge in [-0.15, -0.1) is 0 Å². The Hall–Kier alpha value is -1.30. The molecular weight excluding hydrogens is 270 g/mol. The zero-order chi connectivity index (χ0) is 15.7. The SMILES string of the molecule is CC(C)(C)OC(=O)N1CCC2(CCN(C(=O)CN)C2)CC1. The number of likely N-dealkylation sites (tertiary alicyclic amines) is 2. The zero-order valence-electron chi connectivity index (χ0n) is 13.4. The largest absolute Gasteiger partial charge is 0.444 e. The molecule has 21 heavy (non-hydrogen) atoms. The van der Waals surface area contributed by atoms with Gasteiger partial charge in [-0.25, -0.2) is 4.79 Å². The summed E-state index contributed by atoms with van der Waals surface area (Å²) in [7, 11) is 0. The van der Waals surface area contributed by atoms with Crippen LogP contribution in [-0.4, -0.2) is 60.1 Å². The number of amides is 2. The normalized spacial score (nSPS) is 21.7. The summed E-state index contributed by atoms with van der Waals surface area (Å²) < 4.78 is 5.41. The fraction of sp³-hybridized carbons (Fsp3) is 0.867. The van der Waals surface area contributed by atoms with Gasteiger partial charge in [0.1, 0.15) is 5.60 Å². The lowest BCUT2D eigenvalue weighted by molar-refractivity contribution is -0.129. The molecule has 2 fully saturated rings. The van der Waals surface area contributed by atoms with Crippen molar-refractivity contribution >= 4 is 12.0 Å². The van der Waals surface area contributed by atoms with Gasteiger partial charge in [-0.3, -0.25) is 4.79 Å². The lowest BCUT2D eigenvalue weighted by atomic mass is 9.78. The molecule has 2 amide bonds. The van der Waals surface area contributed by atoms with Crippen molar-refractivity contribution in [2.75, 3.05) is 32.7 Å².